The maximum atomic E-state index is 12.6. The van der Waals surface area contributed by atoms with Crippen LogP contribution in [0.2, 0.25) is 0 Å². The van der Waals surface area contributed by atoms with Crippen molar-refractivity contribution in [3.05, 3.63) is 70.5 Å². The van der Waals surface area contributed by atoms with E-state index in [1.807, 2.05) is 74.8 Å². The second-order valence-electron chi connectivity index (χ2n) is 7.09. The molecule has 0 saturated carbocycles. The summed E-state index contributed by atoms with van der Waals surface area (Å²) in [5, 5.41) is 8.48. The van der Waals surface area contributed by atoms with Gasteiger partial charge in [-0.1, -0.05) is 41.7 Å². The number of fused-ring (bicyclic) bond motifs is 1. The van der Waals surface area contributed by atoms with Crippen molar-refractivity contribution in [1.29, 1.82) is 0 Å². The topological polar surface area (TPSA) is 59.8 Å². The van der Waals surface area contributed by atoms with Crippen molar-refractivity contribution in [3.8, 4) is 5.13 Å². The lowest BCUT2D eigenvalue weighted by Crippen LogP contribution is -2.16. The second kappa shape index (κ2) is 7.20. The molecule has 0 aliphatic carbocycles. The summed E-state index contributed by atoms with van der Waals surface area (Å²) >= 11 is 1.60. The van der Waals surface area contributed by atoms with Crippen molar-refractivity contribution in [1.82, 2.24) is 14.8 Å². The number of carbonyl (C=O) groups is 1. The van der Waals surface area contributed by atoms with Gasteiger partial charge >= 0.3 is 0 Å². The molecule has 4 aromatic rings. The maximum absolute atomic E-state index is 12.6. The number of aryl methyl sites for hydroxylation is 4. The van der Waals surface area contributed by atoms with Crippen LogP contribution in [0.1, 0.15) is 28.1 Å². The summed E-state index contributed by atoms with van der Waals surface area (Å²) in [4.78, 5) is 17.3. The molecular weight excluding hydrogens is 368 g/mol. The smallest absolute Gasteiger partial charge is 0.228 e. The molecule has 0 spiro atoms. The lowest BCUT2D eigenvalue weighted by atomic mass is 10.1. The number of nitrogens with zero attached hydrogens (tertiary/aromatic N) is 3. The first-order valence-corrected chi connectivity index (χ1v) is 10.0. The van der Waals surface area contributed by atoms with E-state index in [4.69, 9.17) is 4.98 Å². The van der Waals surface area contributed by atoms with Gasteiger partial charge in [-0.05, 0) is 56.5 Å². The van der Waals surface area contributed by atoms with Crippen LogP contribution in [-0.4, -0.2) is 20.7 Å². The van der Waals surface area contributed by atoms with Crippen molar-refractivity contribution < 1.29 is 4.79 Å². The zero-order valence-corrected chi connectivity index (χ0v) is 17.2. The Hall–Kier alpha value is -2.99. The monoisotopic (exact) mass is 390 g/mol. The Morgan fingerprint density at radius 2 is 1.86 bits per heavy atom. The van der Waals surface area contributed by atoms with E-state index in [-0.39, 0.29) is 5.91 Å². The fourth-order valence-electron chi connectivity index (χ4n) is 3.44. The second-order valence-corrected chi connectivity index (χ2v) is 8.07. The summed E-state index contributed by atoms with van der Waals surface area (Å²) in [5.41, 5.74) is 6.89. The van der Waals surface area contributed by atoms with Crippen molar-refractivity contribution in [3.63, 3.8) is 0 Å². The van der Waals surface area contributed by atoms with Crippen LogP contribution in [-0.2, 0) is 11.2 Å². The number of nitrogens with one attached hydrogen (secondary N) is 1. The van der Waals surface area contributed by atoms with E-state index in [0.29, 0.717) is 6.42 Å². The van der Waals surface area contributed by atoms with Gasteiger partial charge in [0.25, 0.3) is 0 Å². The Balaban J connectivity index is 1.68. The Morgan fingerprint density at radius 3 is 2.54 bits per heavy atom. The molecule has 2 heterocycles. The molecule has 0 saturated heterocycles. The number of hydrogen-bond donors (Lipinski definition) is 1. The van der Waals surface area contributed by atoms with Crippen LogP contribution in [0.25, 0.3) is 15.3 Å². The molecule has 6 heteroatoms. The fourth-order valence-corrected chi connectivity index (χ4v) is 4.51. The average molecular weight is 391 g/mol. The third-order valence-electron chi connectivity index (χ3n) is 4.77. The van der Waals surface area contributed by atoms with E-state index >= 15 is 0 Å². The largest absolute Gasteiger partial charge is 0.325 e. The summed E-state index contributed by atoms with van der Waals surface area (Å²) in [5.74, 6) is -0.0139. The van der Waals surface area contributed by atoms with Gasteiger partial charge < -0.3 is 5.32 Å². The van der Waals surface area contributed by atoms with Crippen LogP contribution < -0.4 is 5.32 Å². The number of carbonyl (C=O) groups excluding carboxylic acids is 1. The summed E-state index contributed by atoms with van der Waals surface area (Å²) in [6.07, 6.45) is 0.359. The highest BCUT2D eigenvalue weighted by atomic mass is 32.1. The molecule has 0 fully saturated rings. The van der Waals surface area contributed by atoms with E-state index in [2.05, 4.69) is 10.4 Å². The quantitative estimate of drug-likeness (QED) is 0.539. The van der Waals surface area contributed by atoms with Crippen LogP contribution >= 0.6 is 11.3 Å². The first-order chi connectivity index (χ1) is 13.4. The summed E-state index contributed by atoms with van der Waals surface area (Å²) < 4.78 is 2.95. The fraction of sp³-hybridized carbons (Fsp3) is 0.227. The number of thiazole rings is 1. The summed E-state index contributed by atoms with van der Waals surface area (Å²) in [6.45, 7) is 8.05. The van der Waals surface area contributed by atoms with Gasteiger partial charge in [-0.15, -0.1) is 0 Å². The summed E-state index contributed by atoms with van der Waals surface area (Å²) in [6, 6.07) is 13.9. The predicted octanol–water partition coefficient (Wildman–Crippen LogP) is 4.90. The number of rotatable bonds is 4. The van der Waals surface area contributed by atoms with E-state index in [1.165, 1.54) is 0 Å². The number of hydrogen-bond acceptors (Lipinski definition) is 4. The zero-order chi connectivity index (χ0) is 19.8. The Morgan fingerprint density at radius 1 is 1.11 bits per heavy atom. The van der Waals surface area contributed by atoms with Gasteiger partial charge in [0, 0.05) is 11.4 Å². The zero-order valence-electron chi connectivity index (χ0n) is 16.4. The molecule has 4 rings (SSSR count). The van der Waals surface area contributed by atoms with Crippen LogP contribution in [0, 0.1) is 27.7 Å². The molecule has 142 valence electrons. The standard InChI is InChI=1S/C22H22N4OS/c1-13-10-18-21(28-22(23-18)26-15(3)11-14(2)25-26)16(4)20(13)24-19(27)12-17-8-6-5-7-9-17/h5-11H,12H2,1-4H3,(H,24,27). The molecule has 0 aliphatic heterocycles. The molecule has 2 aromatic heterocycles. The van der Waals surface area contributed by atoms with Crippen molar-refractivity contribution in [2.24, 2.45) is 0 Å². The SMILES string of the molecule is Cc1cc(C)n(-c2nc3cc(C)c(NC(=O)Cc4ccccc4)c(C)c3s2)n1. The number of benzene rings is 2. The van der Waals surface area contributed by atoms with E-state index in [9.17, 15) is 4.79 Å². The van der Waals surface area contributed by atoms with E-state index < -0.39 is 0 Å². The molecule has 1 amide bonds. The Kier molecular flexibility index (Phi) is 4.73. The van der Waals surface area contributed by atoms with Crippen molar-refractivity contribution in [2.75, 3.05) is 5.32 Å². The lowest BCUT2D eigenvalue weighted by molar-refractivity contribution is -0.115. The molecule has 0 aliphatic rings. The maximum Gasteiger partial charge on any atom is 0.228 e. The van der Waals surface area contributed by atoms with Crippen LogP contribution in [0.4, 0.5) is 5.69 Å². The number of amides is 1. The highest BCUT2D eigenvalue weighted by Gasteiger charge is 2.16. The normalized spacial score (nSPS) is 11.1. The van der Waals surface area contributed by atoms with Crippen molar-refractivity contribution >= 4 is 33.1 Å². The highest BCUT2D eigenvalue weighted by Crippen LogP contribution is 2.34. The average Bonchev–Trinajstić information content (AvgIpc) is 3.22. The number of aromatic nitrogens is 3. The van der Waals surface area contributed by atoms with Crippen LogP contribution in [0.5, 0.6) is 0 Å². The number of anilines is 1. The molecule has 1 N–H and O–H groups in total. The van der Waals surface area contributed by atoms with Gasteiger partial charge in [-0.3, -0.25) is 4.79 Å². The van der Waals surface area contributed by atoms with Gasteiger partial charge in [-0.2, -0.15) is 5.10 Å². The highest BCUT2D eigenvalue weighted by molar-refractivity contribution is 7.21. The van der Waals surface area contributed by atoms with Gasteiger partial charge in [-0.25, -0.2) is 9.67 Å². The van der Waals surface area contributed by atoms with Crippen LogP contribution in [0.15, 0.2) is 42.5 Å². The molecule has 5 nitrogen and oxygen atoms in total. The predicted molar refractivity (Wildman–Crippen MR) is 114 cm³/mol. The lowest BCUT2D eigenvalue weighted by Gasteiger charge is -2.12. The minimum atomic E-state index is -0.0139. The van der Waals surface area contributed by atoms with E-state index in [0.717, 1.165) is 49.1 Å². The van der Waals surface area contributed by atoms with E-state index in [1.54, 1.807) is 11.3 Å². The molecule has 2 aromatic carbocycles. The molecular formula is C22H22N4OS. The third kappa shape index (κ3) is 3.43. The Labute approximate surface area is 168 Å². The molecule has 0 radical (unpaired) electrons. The minimum absolute atomic E-state index is 0.0139. The summed E-state index contributed by atoms with van der Waals surface area (Å²) in [7, 11) is 0. The first kappa shape index (κ1) is 18.4. The third-order valence-corrected chi connectivity index (χ3v) is 5.93. The van der Waals surface area contributed by atoms with Crippen molar-refractivity contribution in [2.45, 2.75) is 34.1 Å². The molecule has 0 bridgehead atoms. The minimum Gasteiger partial charge on any atom is -0.325 e. The van der Waals surface area contributed by atoms with Gasteiger partial charge in [0.2, 0.25) is 11.0 Å². The first-order valence-electron chi connectivity index (χ1n) is 9.20. The van der Waals surface area contributed by atoms with Gasteiger partial charge in [0.05, 0.1) is 22.3 Å². The molecule has 0 atom stereocenters. The van der Waals surface area contributed by atoms with Gasteiger partial charge in [0.15, 0.2) is 0 Å². The van der Waals surface area contributed by atoms with Gasteiger partial charge in [0.1, 0.15) is 0 Å². The Bertz CT molecular complexity index is 1170. The van der Waals surface area contributed by atoms with Crippen LogP contribution in [0.3, 0.4) is 0 Å². The molecule has 28 heavy (non-hydrogen) atoms. The molecule has 0 unspecified atom stereocenters.